The van der Waals surface area contributed by atoms with E-state index in [4.69, 9.17) is 5.73 Å². The Hall–Kier alpha value is -0.810. The Morgan fingerprint density at radius 1 is 1.17 bits per heavy atom. The van der Waals surface area contributed by atoms with Crippen LogP contribution in [-0.2, 0) is 9.59 Å². The third-order valence-electron chi connectivity index (χ3n) is 4.55. The molecule has 1 rings (SSSR count). The van der Waals surface area contributed by atoms with Crippen LogP contribution in [0.25, 0.3) is 0 Å². The van der Waals surface area contributed by atoms with Gasteiger partial charge in [-0.05, 0) is 38.0 Å². The quantitative estimate of drug-likeness (QED) is 0.742. The van der Waals surface area contributed by atoms with E-state index in [9.17, 15) is 9.59 Å². The molecular weight excluding hydrogens is 314 g/mol. The number of hydrogen-bond donors (Lipinski definition) is 2. The molecule has 1 fully saturated rings. The first-order valence-corrected chi connectivity index (χ1v) is 8.73. The van der Waals surface area contributed by atoms with Crippen molar-refractivity contribution in [3.05, 3.63) is 0 Å². The van der Waals surface area contributed by atoms with Gasteiger partial charge in [0.2, 0.25) is 11.8 Å². The maximum absolute atomic E-state index is 12.3. The van der Waals surface area contributed by atoms with Crippen molar-refractivity contribution in [2.24, 2.45) is 17.6 Å². The maximum Gasteiger partial charge on any atom is 0.237 e. The largest absolute Gasteiger partial charge is 0.352 e. The molecule has 0 aromatic carbocycles. The number of carbonyl (C=O) groups excluding carboxylic acids is 2. The molecule has 1 saturated heterocycles. The minimum atomic E-state index is -0.427. The van der Waals surface area contributed by atoms with Gasteiger partial charge in [0.1, 0.15) is 0 Å². The molecule has 0 unspecified atom stereocenters. The summed E-state index contributed by atoms with van der Waals surface area (Å²) in [6.07, 6.45) is 4.15. The van der Waals surface area contributed by atoms with Gasteiger partial charge < -0.3 is 16.0 Å². The summed E-state index contributed by atoms with van der Waals surface area (Å²) in [5.41, 5.74) is 5.91. The normalized spacial score (nSPS) is 17.1. The Morgan fingerprint density at radius 2 is 1.70 bits per heavy atom. The number of halogens is 1. The lowest BCUT2D eigenvalue weighted by molar-refractivity contribution is -0.137. The van der Waals surface area contributed by atoms with Crippen molar-refractivity contribution >= 4 is 24.2 Å². The molecule has 0 aromatic rings. The average Bonchev–Trinajstić information content (AvgIpc) is 2.48. The van der Waals surface area contributed by atoms with E-state index in [1.165, 1.54) is 0 Å². The molecule has 0 aromatic heterocycles. The van der Waals surface area contributed by atoms with Gasteiger partial charge in [-0.25, -0.2) is 0 Å². The predicted molar refractivity (Wildman–Crippen MR) is 96.5 cm³/mol. The fraction of sp³-hybridized carbons (Fsp3) is 0.882. The van der Waals surface area contributed by atoms with Crippen LogP contribution < -0.4 is 11.1 Å². The summed E-state index contributed by atoms with van der Waals surface area (Å²) in [6, 6.07) is -0.277. The molecular formula is C17H34ClN3O2. The van der Waals surface area contributed by atoms with Crippen molar-refractivity contribution < 1.29 is 9.59 Å². The first-order chi connectivity index (χ1) is 10.4. The van der Waals surface area contributed by atoms with Gasteiger partial charge in [0, 0.05) is 25.0 Å². The minimum Gasteiger partial charge on any atom is -0.352 e. The van der Waals surface area contributed by atoms with E-state index in [0.717, 1.165) is 38.8 Å². The van der Waals surface area contributed by atoms with Crippen LogP contribution in [0, 0.1) is 11.8 Å². The van der Waals surface area contributed by atoms with Crippen LogP contribution in [0.5, 0.6) is 0 Å². The molecule has 0 spiro atoms. The number of nitrogens with zero attached hydrogens (tertiary/aromatic N) is 1. The highest BCUT2D eigenvalue weighted by molar-refractivity contribution is 5.85. The van der Waals surface area contributed by atoms with Crippen LogP contribution in [0.4, 0.5) is 0 Å². The molecule has 23 heavy (non-hydrogen) atoms. The Balaban J connectivity index is 0.00000484. The second-order valence-corrected chi connectivity index (χ2v) is 6.86. The van der Waals surface area contributed by atoms with E-state index in [2.05, 4.69) is 33.0 Å². The van der Waals surface area contributed by atoms with E-state index in [1.807, 2.05) is 4.90 Å². The van der Waals surface area contributed by atoms with Gasteiger partial charge in [-0.2, -0.15) is 0 Å². The lowest BCUT2D eigenvalue weighted by Gasteiger charge is -2.34. The van der Waals surface area contributed by atoms with E-state index in [0.29, 0.717) is 12.3 Å². The Labute approximate surface area is 147 Å². The number of piperidine rings is 1. The highest BCUT2D eigenvalue weighted by atomic mass is 35.5. The second kappa shape index (κ2) is 10.9. The van der Waals surface area contributed by atoms with E-state index in [-0.39, 0.29) is 36.2 Å². The number of likely N-dealkylation sites (tertiary alicyclic amines) is 1. The van der Waals surface area contributed by atoms with Crippen LogP contribution in [0.3, 0.4) is 0 Å². The smallest absolute Gasteiger partial charge is 0.237 e. The lowest BCUT2D eigenvalue weighted by Crippen LogP contribution is -2.51. The Bertz CT molecular complexity index is 365. The van der Waals surface area contributed by atoms with Crippen molar-refractivity contribution in [2.45, 2.75) is 71.9 Å². The highest BCUT2D eigenvalue weighted by Gasteiger charge is 2.28. The van der Waals surface area contributed by atoms with Crippen LogP contribution >= 0.6 is 12.4 Å². The summed E-state index contributed by atoms with van der Waals surface area (Å²) in [4.78, 5) is 26.3. The first kappa shape index (κ1) is 22.2. The zero-order chi connectivity index (χ0) is 16.7. The molecule has 1 atom stereocenters. The molecule has 0 aliphatic carbocycles. The molecule has 5 nitrogen and oxygen atoms in total. The fourth-order valence-corrected chi connectivity index (χ4v) is 3.06. The summed E-state index contributed by atoms with van der Waals surface area (Å²) in [6.45, 7) is 9.73. The van der Waals surface area contributed by atoms with Crippen molar-refractivity contribution in [1.82, 2.24) is 10.2 Å². The summed E-state index contributed by atoms with van der Waals surface area (Å²) < 4.78 is 0. The summed E-state index contributed by atoms with van der Waals surface area (Å²) in [5.74, 6) is 0.774. The predicted octanol–water partition coefficient (Wildman–Crippen LogP) is 2.33. The molecule has 6 heteroatoms. The van der Waals surface area contributed by atoms with Crippen LogP contribution in [0.15, 0.2) is 0 Å². The topological polar surface area (TPSA) is 75.4 Å². The Morgan fingerprint density at radius 3 is 2.13 bits per heavy atom. The van der Waals surface area contributed by atoms with Gasteiger partial charge in [0.25, 0.3) is 0 Å². The van der Waals surface area contributed by atoms with Crippen molar-refractivity contribution in [2.75, 3.05) is 13.1 Å². The summed E-state index contributed by atoms with van der Waals surface area (Å²) in [7, 11) is 0. The molecule has 136 valence electrons. The third kappa shape index (κ3) is 7.08. The van der Waals surface area contributed by atoms with Gasteiger partial charge >= 0.3 is 0 Å². The van der Waals surface area contributed by atoms with Crippen LogP contribution in [-0.4, -0.2) is 41.9 Å². The van der Waals surface area contributed by atoms with Crippen molar-refractivity contribution in [3.63, 3.8) is 0 Å². The number of hydrogen-bond acceptors (Lipinski definition) is 3. The molecule has 1 aliphatic heterocycles. The number of rotatable bonds is 7. The molecule has 0 saturated carbocycles. The summed E-state index contributed by atoms with van der Waals surface area (Å²) >= 11 is 0. The molecule has 0 bridgehead atoms. The number of nitrogens with two attached hydrogens (primary N) is 1. The maximum atomic E-state index is 12.3. The van der Waals surface area contributed by atoms with Gasteiger partial charge in [-0.15, -0.1) is 12.4 Å². The number of nitrogens with one attached hydrogen (secondary N) is 1. The zero-order valence-corrected chi connectivity index (χ0v) is 15.8. The van der Waals surface area contributed by atoms with E-state index in [1.54, 1.807) is 0 Å². The van der Waals surface area contributed by atoms with Crippen LogP contribution in [0.2, 0.25) is 0 Å². The highest BCUT2D eigenvalue weighted by Crippen LogP contribution is 2.17. The van der Waals surface area contributed by atoms with Gasteiger partial charge in [-0.1, -0.05) is 27.7 Å². The van der Waals surface area contributed by atoms with Crippen LogP contribution in [0.1, 0.15) is 59.8 Å². The zero-order valence-electron chi connectivity index (χ0n) is 15.0. The molecule has 2 amide bonds. The fourth-order valence-electron chi connectivity index (χ4n) is 3.06. The van der Waals surface area contributed by atoms with E-state index >= 15 is 0 Å². The van der Waals surface area contributed by atoms with Gasteiger partial charge in [-0.3, -0.25) is 9.59 Å². The van der Waals surface area contributed by atoms with Gasteiger partial charge in [0.15, 0.2) is 0 Å². The first-order valence-electron chi connectivity index (χ1n) is 8.73. The third-order valence-corrected chi connectivity index (χ3v) is 4.55. The second-order valence-electron chi connectivity index (χ2n) is 6.86. The molecule has 1 heterocycles. The van der Waals surface area contributed by atoms with Crippen molar-refractivity contribution in [1.29, 1.82) is 0 Å². The monoisotopic (exact) mass is 347 g/mol. The SMILES string of the molecule is CCC(CC)C(=O)N1CCC(NC(=O)[C@@H](N)CC(C)C)CC1.Cl. The van der Waals surface area contributed by atoms with E-state index < -0.39 is 6.04 Å². The number of amides is 2. The minimum absolute atomic E-state index is 0. The molecule has 1 aliphatic rings. The van der Waals surface area contributed by atoms with Crippen molar-refractivity contribution in [3.8, 4) is 0 Å². The molecule has 3 N–H and O–H groups in total. The van der Waals surface area contributed by atoms with Gasteiger partial charge in [0.05, 0.1) is 6.04 Å². The lowest BCUT2D eigenvalue weighted by atomic mass is 9.98. The number of carbonyl (C=O) groups is 2. The molecule has 0 radical (unpaired) electrons. The summed E-state index contributed by atoms with van der Waals surface area (Å²) in [5, 5.41) is 3.04. The Kier molecular flexibility index (Phi) is 10.5. The average molecular weight is 348 g/mol. The standard InChI is InChI=1S/C17H33N3O2.ClH/c1-5-13(6-2)17(22)20-9-7-14(8-10-20)19-16(21)15(18)11-12(3)4;/h12-15H,5-11,18H2,1-4H3,(H,19,21);1H/t15-;/m0./s1.